The van der Waals surface area contributed by atoms with E-state index >= 15 is 0 Å². The lowest BCUT2D eigenvalue weighted by atomic mass is 10.0. The minimum absolute atomic E-state index is 0.123. The van der Waals surface area contributed by atoms with Crippen LogP contribution in [0.2, 0.25) is 0 Å². The smallest absolute Gasteiger partial charge is 0.325 e. The van der Waals surface area contributed by atoms with Crippen LogP contribution in [0.5, 0.6) is 5.75 Å². The minimum Gasteiger partial charge on any atom is -0.491 e. The largest absolute Gasteiger partial charge is 0.491 e. The summed E-state index contributed by atoms with van der Waals surface area (Å²) in [5.74, 6) is 0.0101. The van der Waals surface area contributed by atoms with Crippen LogP contribution in [0.25, 0.3) is 0 Å². The van der Waals surface area contributed by atoms with Gasteiger partial charge in [-0.05, 0) is 57.5 Å². The summed E-state index contributed by atoms with van der Waals surface area (Å²) < 4.78 is 5.59. The van der Waals surface area contributed by atoms with E-state index in [0.29, 0.717) is 0 Å². The molecule has 1 saturated heterocycles. The monoisotopic (exact) mass is 277 g/mol. The Balaban J connectivity index is 2.14. The molecule has 0 radical (unpaired) electrons. The van der Waals surface area contributed by atoms with Gasteiger partial charge in [0.05, 0.1) is 6.10 Å². The van der Waals surface area contributed by atoms with Gasteiger partial charge in [0.15, 0.2) is 0 Å². The molecule has 1 aliphatic heterocycles. The molecule has 2 rings (SSSR count). The molecule has 0 aromatic heterocycles. The van der Waals surface area contributed by atoms with Crippen LogP contribution in [0.15, 0.2) is 24.3 Å². The fourth-order valence-corrected chi connectivity index (χ4v) is 2.69. The van der Waals surface area contributed by atoms with Crippen LogP contribution in [-0.2, 0) is 4.79 Å². The van der Waals surface area contributed by atoms with Crippen molar-refractivity contribution in [3.8, 4) is 5.75 Å². The second-order valence-electron chi connectivity index (χ2n) is 5.57. The molecular weight excluding hydrogens is 254 g/mol. The number of carboxylic acids is 1. The van der Waals surface area contributed by atoms with Crippen molar-refractivity contribution in [2.24, 2.45) is 0 Å². The topological polar surface area (TPSA) is 49.8 Å². The van der Waals surface area contributed by atoms with E-state index in [2.05, 4.69) is 4.90 Å². The number of benzene rings is 1. The first-order valence-corrected chi connectivity index (χ1v) is 7.31. The standard InChI is InChI=1S/C16H23NO3/c1-12(2)20-14-8-6-13(7-9-14)15(16(18)19)17-10-4-3-5-11-17/h6-9,12,15H,3-5,10-11H2,1-2H3,(H,18,19). The van der Waals surface area contributed by atoms with Gasteiger partial charge in [-0.2, -0.15) is 0 Å². The lowest BCUT2D eigenvalue weighted by Gasteiger charge is -2.32. The van der Waals surface area contributed by atoms with Crippen molar-refractivity contribution in [3.63, 3.8) is 0 Å². The maximum Gasteiger partial charge on any atom is 0.325 e. The van der Waals surface area contributed by atoms with E-state index in [1.165, 1.54) is 6.42 Å². The lowest BCUT2D eigenvalue weighted by Crippen LogP contribution is -2.37. The molecule has 1 atom stereocenters. The second kappa shape index (κ2) is 6.75. The third-order valence-corrected chi connectivity index (χ3v) is 3.56. The molecule has 1 aromatic carbocycles. The summed E-state index contributed by atoms with van der Waals surface area (Å²) in [5, 5.41) is 9.52. The molecule has 0 spiro atoms. The van der Waals surface area contributed by atoms with Gasteiger partial charge in [0.1, 0.15) is 11.8 Å². The summed E-state index contributed by atoms with van der Waals surface area (Å²) in [6.45, 7) is 5.67. The molecule has 20 heavy (non-hydrogen) atoms. The van der Waals surface area contributed by atoms with Gasteiger partial charge in [0.2, 0.25) is 0 Å². The van der Waals surface area contributed by atoms with Crippen LogP contribution in [-0.4, -0.2) is 35.2 Å². The quantitative estimate of drug-likeness (QED) is 0.898. The van der Waals surface area contributed by atoms with Crippen LogP contribution >= 0.6 is 0 Å². The summed E-state index contributed by atoms with van der Waals surface area (Å²) >= 11 is 0. The molecule has 0 aliphatic carbocycles. The molecular formula is C16H23NO3. The molecule has 1 aliphatic rings. The summed E-state index contributed by atoms with van der Waals surface area (Å²) in [5.41, 5.74) is 0.829. The second-order valence-corrected chi connectivity index (χ2v) is 5.57. The van der Waals surface area contributed by atoms with Gasteiger partial charge in [-0.3, -0.25) is 9.69 Å². The third kappa shape index (κ3) is 3.73. The number of carboxylic acid groups (broad SMARTS) is 1. The van der Waals surface area contributed by atoms with E-state index in [9.17, 15) is 9.90 Å². The van der Waals surface area contributed by atoms with E-state index in [-0.39, 0.29) is 6.10 Å². The Bertz CT molecular complexity index is 436. The molecule has 4 nitrogen and oxygen atoms in total. The molecule has 0 amide bonds. The van der Waals surface area contributed by atoms with Crippen LogP contribution < -0.4 is 4.74 Å². The molecule has 0 bridgehead atoms. The van der Waals surface area contributed by atoms with Crippen LogP contribution in [0.4, 0.5) is 0 Å². The molecule has 1 fully saturated rings. The van der Waals surface area contributed by atoms with E-state index in [1.807, 2.05) is 38.1 Å². The van der Waals surface area contributed by atoms with Gasteiger partial charge in [-0.15, -0.1) is 0 Å². The average Bonchev–Trinajstić information content (AvgIpc) is 2.41. The maximum absolute atomic E-state index is 11.6. The zero-order chi connectivity index (χ0) is 14.5. The Kier molecular flexibility index (Phi) is 5.01. The predicted octanol–water partition coefficient (Wildman–Crippen LogP) is 3.09. The Morgan fingerprint density at radius 2 is 1.75 bits per heavy atom. The van der Waals surface area contributed by atoms with Crippen molar-refractivity contribution >= 4 is 5.97 Å². The number of rotatable bonds is 5. The number of carbonyl (C=O) groups is 1. The fraction of sp³-hybridized carbons (Fsp3) is 0.562. The summed E-state index contributed by atoms with van der Waals surface area (Å²) in [4.78, 5) is 13.6. The van der Waals surface area contributed by atoms with Crippen molar-refractivity contribution in [1.82, 2.24) is 4.90 Å². The van der Waals surface area contributed by atoms with Gasteiger partial charge in [0, 0.05) is 0 Å². The first kappa shape index (κ1) is 14.9. The number of nitrogens with zero attached hydrogens (tertiary/aromatic N) is 1. The molecule has 1 heterocycles. The highest BCUT2D eigenvalue weighted by Gasteiger charge is 2.28. The molecule has 110 valence electrons. The highest BCUT2D eigenvalue weighted by molar-refractivity contribution is 5.75. The number of hydrogen-bond acceptors (Lipinski definition) is 3. The highest BCUT2D eigenvalue weighted by atomic mass is 16.5. The number of aliphatic carboxylic acids is 1. The number of hydrogen-bond donors (Lipinski definition) is 1. The fourth-order valence-electron chi connectivity index (χ4n) is 2.69. The molecule has 1 aromatic rings. The predicted molar refractivity (Wildman–Crippen MR) is 78.0 cm³/mol. The Morgan fingerprint density at radius 1 is 1.15 bits per heavy atom. The van der Waals surface area contributed by atoms with Gasteiger partial charge in [0.25, 0.3) is 0 Å². The van der Waals surface area contributed by atoms with E-state index in [1.54, 1.807) is 0 Å². The van der Waals surface area contributed by atoms with Crippen molar-refractivity contribution in [2.45, 2.75) is 45.3 Å². The molecule has 1 unspecified atom stereocenters. The minimum atomic E-state index is -0.774. The van der Waals surface area contributed by atoms with Gasteiger partial charge >= 0.3 is 5.97 Å². The Hall–Kier alpha value is -1.55. The molecule has 4 heteroatoms. The first-order valence-electron chi connectivity index (χ1n) is 7.31. The van der Waals surface area contributed by atoms with Crippen molar-refractivity contribution in [1.29, 1.82) is 0 Å². The van der Waals surface area contributed by atoms with Gasteiger partial charge in [-0.25, -0.2) is 0 Å². The number of piperidine rings is 1. The zero-order valence-electron chi connectivity index (χ0n) is 12.2. The van der Waals surface area contributed by atoms with Crippen LogP contribution in [0, 0.1) is 0 Å². The van der Waals surface area contributed by atoms with Crippen molar-refractivity contribution < 1.29 is 14.6 Å². The van der Waals surface area contributed by atoms with Gasteiger partial charge < -0.3 is 9.84 Å². The average molecular weight is 277 g/mol. The Morgan fingerprint density at radius 3 is 2.25 bits per heavy atom. The number of likely N-dealkylation sites (tertiary alicyclic amines) is 1. The lowest BCUT2D eigenvalue weighted by molar-refractivity contribution is -0.144. The van der Waals surface area contributed by atoms with E-state index < -0.39 is 12.0 Å². The SMILES string of the molecule is CC(C)Oc1ccc(C(C(=O)O)N2CCCCC2)cc1. The zero-order valence-corrected chi connectivity index (χ0v) is 12.2. The van der Waals surface area contributed by atoms with Crippen LogP contribution in [0.1, 0.15) is 44.7 Å². The maximum atomic E-state index is 11.6. The van der Waals surface area contributed by atoms with Crippen molar-refractivity contribution in [3.05, 3.63) is 29.8 Å². The van der Waals surface area contributed by atoms with E-state index in [0.717, 1.165) is 37.2 Å². The van der Waals surface area contributed by atoms with Crippen molar-refractivity contribution in [2.75, 3.05) is 13.1 Å². The number of ether oxygens (including phenoxy) is 1. The summed E-state index contributed by atoms with van der Waals surface area (Å²) in [6, 6.07) is 6.91. The first-order chi connectivity index (χ1) is 9.58. The highest BCUT2D eigenvalue weighted by Crippen LogP contribution is 2.26. The Labute approximate surface area is 120 Å². The van der Waals surface area contributed by atoms with E-state index in [4.69, 9.17) is 4.74 Å². The normalized spacial score (nSPS) is 17.9. The summed E-state index contributed by atoms with van der Waals surface area (Å²) in [7, 11) is 0. The molecule has 0 saturated carbocycles. The third-order valence-electron chi connectivity index (χ3n) is 3.56. The molecule has 1 N–H and O–H groups in total. The van der Waals surface area contributed by atoms with Crippen LogP contribution in [0.3, 0.4) is 0 Å². The van der Waals surface area contributed by atoms with Gasteiger partial charge in [-0.1, -0.05) is 18.6 Å². The summed E-state index contributed by atoms with van der Waals surface area (Å²) in [6.07, 6.45) is 3.49.